The molecule has 104 valence electrons. The van der Waals surface area contributed by atoms with Gasteiger partial charge in [0.05, 0.1) is 0 Å². The molecule has 0 fully saturated rings. The van der Waals surface area contributed by atoms with Crippen molar-refractivity contribution in [2.24, 2.45) is 0 Å². The molecule has 0 aliphatic rings. The van der Waals surface area contributed by atoms with Crippen LogP contribution in [0.5, 0.6) is 0 Å². The molecule has 2 amide bonds. The standard InChI is InChI=1S/C15H16N2O2S/c1-11(18)17-14(13-8-5-9-20-13)15(19)16-10-12-6-3-2-4-7-12/h2-9,14H,10H2,1H3,(H,16,19)(H,17,18)/t14-/m1/s1. The minimum absolute atomic E-state index is 0.202. The van der Waals surface area contributed by atoms with E-state index in [0.717, 1.165) is 10.4 Å². The lowest BCUT2D eigenvalue weighted by molar-refractivity contribution is -0.128. The van der Waals surface area contributed by atoms with E-state index < -0.39 is 6.04 Å². The minimum atomic E-state index is -0.629. The van der Waals surface area contributed by atoms with Gasteiger partial charge in [-0.15, -0.1) is 11.3 Å². The number of nitrogens with one attached hydrogen (secondary N) is 2. The van der Waals surface area contributed by atoms with Crippen LogP contribution in [0.25, 0.3) is 0 Å². The normalized spacial score (nSPS) is 11.7. The second kappa shape index (κ2) is 6.86. The molecule has 2 N–H and O–H groups in total. The van der Waals surface area contributed by atoms with Crippen molar-refractivity contribution < 1.29 is 9.59 Å². The van der Waals surface area contributed by atoms with Gasteiger partial charge in [0.15, 0.2) is 0 Å². The fourth-order valence-electron chi connectivity index (χ4n) is 1.81. The van der Waals surface area contributed by atoms with Gasteiger partial charge >= 0.3 is 0 Å². The molecule has 0 spiro atoms. The quantitative estimate of drug-likeness (QED) is 0.886. The van der Waals surface area contributed by atoms with Crippen LogP contribution in [0.1, 0.15) is 23.4 Å². The Kier molecular flexibility index (Phi) is 4.90. The van der Waals surface area contributed by atoms with E-state index in [9.17, 15) is 9.59 Å². The van der Waals surface area contributed by atoms with E-state index >= 15 is 0 Å². The van der Waals surface area contributed by atoms with E-state index in [4.69, 9.17) is 0 Å². The van der Waals surface area contributed by atoms with Crippen LogP contribution in [0.15, 0.2) is 47.8 Å². The van der Waals surface area contributed by atoms with Crippen molar-refractivity contribution in [2.75, 3.05) is 0 Å². The first-order valence-electron chi connectivity index (χ1n) is 6.29. The Labute approximate surface area is 121 Å². The second-order valence-corrected chi connectivity index (χ2v) is 5.33. The molecule has 0 saturated heterocycles. The van der Waals surface area contributed by atoms with Gasteiger partial charge in [0.1, 0.15) is 6.04 Å². The second-order valence-electron chi connectivity index (χ2n) is 4.35. The topological polar surface area (TPSA) is 58.2 Å². The van der Waals surface area contributed by atoms with E-state index in [0.29, 0.717) is 6.54 Å². The summed E-state index contributed by atoms with van der Waals surface area (Å²) in [6.07, 6.45) is 0. The van der Waals surface area contributed by atoms with Crippen molar-refractivity contribution in [3.8, 4) is 0 Å². The third-order valence-electron chi connectivity index (χ3n) is 2.75. The number of carbonyl (C=O) groups is 2. The molecule has 4 nitrogen and oxygen atoms in total. The highest BCUT2D eigenvalue weighted by molar-refractivity contribution is 7.10. The highest BCUT2D eigenvalue weighted by Crippen LogP contribution is 2.19. The van der Waals surface area contributed by atoms with Gasteiger partial charge in [0, 0.05) is 18.3 Å². The van der Waals surface area contributed by atoms with Crippen molar-refractivity contribution in [2.45, 2.75) is 19.5 Å². The molecule has 0 radical (unpaired) electrons. The molecule has 0 unspecified atom stereocenters. The fourth-order valence-corrected chi connectivity index (χ4v) is 2.59. The Morgan fingerprint density at radius 2 is 1.90 bits per heavy atom. The molecule has 0 bridgehead atoms. The largest absolute Gasteiger partial charge is 0.350 e. The molecule has 2 aromatic rings. The summed E-state index contributed by atoms with van der Waals surface area (Å²) in [4.78, 5) is 24.3. The first-order chi connectivity index (χ1) is 9.66. The smallest absolute Gasteiger partial charge is 0.248 e. The lowest BCUT2D eigenvalue weighted by Gasteiger charge is -2.16. The molecular weight excluding hydrogens is 272 g/mol. The zero-order chi connectivity index (χ0) is 14.4. The van der Waals surface area contributed by atoms with E-state index in [1.807, 2.05) is 47.8 Å². The van der Waals surface area contributed by atoms with Gasteiger partial charge in [-0.05, 0) is 17.0 Å². The SMILES string of the molecule is CC(=O)N[C@@H](C(=O)NCc1ccccc1)c1cccs1. The van der Waals surface area contributed by atoms with Crippen LogP contribution in [0.4, 0.5) is 0 Å². The molecule has 2 rings (SSSR count). The van der Waals surface area contributed by atoms with Gasteiger partial charge in [-0.1, -0.05) is 36.4 Å². The maximum absolute atomic E-state index is 12.2. The van der Waals surface area contributed by atoms with Gasteiger partial charge in [0.25, 0.3) is 0 Å². The molecule has 1 aromatic carbocycles. The lowest BCUT2D eigenvalue weighted by Crippen LogP contribution is -2.38. The Bertz CT molecular complexity index is 567. The van der Waals surface area contributed by atoms with Crippen molar-refractivity contribution in [3.63, 3.8) is 0 Å². The predicted molar refractivity (Wildman–Crippen MR) is 79.2 cm³/mol. The van der Waals surface area contributed by atoms with Crippen molar-refractivity contribution in [1.29, 1.82) is 0 Å². The van der Waals surface area contributed by atoms with Crippen LogP contribution < -0.4 is 10.6 Å². The summed E-state index contributed by atoms with van der Waals surface area (Å²) in [7, 11) is 0. The highest BCUT2D eigenvalue weighted by Gasteiger charge is 2.21. The average Bonchev–Trinajstić information content (AvgIpc) is 2.97. The van der Waals surface area contributed by atoms with Crippen LogP contribution in [-0.2, 0) is 16.1 Å². The van der Waals surface area contributed by atoms with E-state index in [-0.39, 0.29) is 11.8 Å². The van der Waals surface area contributed by atoms with Gasteiger partial charge in [-0.3, -0.25) is 9.59 Å². The van der Waals surface area contributed by atoms with Crippen LogP contribution in [-0.4, -0.2) is 11.8 Å². The molecule has 1 heterocycles. The minimum Gasteiger partial charge on any atom is -0.350 e. The number of hydrogen-bond acceptors (Lipinski definition) is 3. The van der Waals surface area contributed by atoms with Crippen molar-refractivity contribution in [3.05, 3.63) is 58.3 Å². The molecule has 1 atom stereocenters. The van der Waals surface area contributed by atoms with E-state index in [1.165, 1.54) is 18.3 Å². The van der Waals surface area contributed by atoms with Gasteiger partial charge < -0.3 is 10.6 Å². The Balaban J connectivity index is 2.02. The Hall–Kier alpha value is -2.14. The number of hydrogen-bond donors (Lipinski definition) is 2. The number of thiophene rings is 1. The van der Waals surface area contributed by atoms with Gasteiger partial charge in [-0.25, -0.2) is 0 Å². The Morgan fingerprint density at radius 1 is 1.15 bits per heavy atom. The molecule has 0 aliphatic carbocycles. The third kappa shape index (κ3) is 3.93. The summed E-state index contributed by atoms with van der Waals surface area (Å²) >= 11 is 1.45. The predicted octanol–water partition coefficient (Wildman–Crippen LogP) is 2.24. The maximum atomic E-state index is 12.2. The van der Waals surface area contributed by atoms with Crippen LogP contribution >= 0.6 is 11.3 Å². The number of amides is 2. The van der Waals surface area contributed by atoms with E-state index in [2.05, 4.69) is 10.6 Å². The zero-order valence-corrected chi connectivity index (χ0v) is 11.9. The summed E-state index contributed by atoms with van der Waals surface area (Å²) in [6, 6.07) is 12.7. The number of rotatable bonds is 5. The lowest BCUT2D eigenvalue weighted by atomic mass is 10.2. The first kappa shape index (κ1) is 14.3. The zero-order valence-electron chi connectivity index (χ0n) is 11.1. The summed E-state index contributed by atoms with van der Waals surface area (Å²) < 4.78 is 0. The van der Waals surface area contributed by atoms with E-state index in [1.54, 1.807) is 0 Å². The molecule has 20 heavy (non-hydrogen) atoms. The molecule has 5 heteroatoms. The molecule has 1 aromatic heterocycles. The number of benzene rings is 1. The van der Waals surface area contributed by atoms with Gasteiger partial charge in [-0.2, -0.15) is 0 Å². The highest BCUT2D eigenvalue weighted by atomic mass is 32.1. The monoisotopic (exact) mass is 288 g/mol. The summed E-state index contributed by atoms with van der Waals surface area (Å²) in [5.74, 6) is -0.426. The van der Waals surface area contributed by atoms with Crippen molar-refractivity contribution in [1.82, 2.24) is 10.6 Å². The van der Waals surface area contributed by atoms with Crippen LogP contribution in [0.2, 0.25) is 0 Å². The maximum Gasteiger partial charge on any atom is 0.248 e. The summed E-state index contributed by atoms with van der Waals surface area (Å²) in [5, 5.41) is 7.41. The van der Waals surface area contributed by atoms with Gasteiger partial charge in [0.2, 0.25) is 11.8 Å². The molecule has 0 aliphatic heterocycles. The fraction of sp³-hybridized carbons (Fsp3) is 0.200. The summed E-state index contributed by atoms with van der Waals surface area (Å²) in [5.41, 5.74) is 1.02. The Morgan fingerprint density at radius 3 is 2.50 bits per heavy atom. The average molecular weight is 288 g/mol. The van der Waals surface area contributed by atoms with Crippen molar-refractivity contribution >= 4 is 23.2 Å². The molecular formula is C15H16N2O2S. The van der Waals surface area contributed by atoms with Crippen LogP contribution in [0, 0.1) is 0 Å². The summed E-state index contributed by atoms with van der Waals surface area (Å²) in [6.45, 7) is 1.85. The molecule has 0 saturated carbocycles. The number of carbonyl (C=O) groups excluding carboxylic acids is 2. The van der Waals surface area contributed by atoms with Crippen LogP contribution in [0.3, 0.4) is 0 Å². The first-order valence-corrected chi connectivity index (χ1v) is 7.17. The third-order valence-corrected chi connectivity index (χ3v) is 3.68.